The van der Waals surface area contributed by atoms with Crippen molar-refractivity contribution in [3.63, 3.8) is 0 Å². The highest BCUT2D eigenvalue weighted by atomic mass is 16.6. The van der Waals surface area contributed by atoms with E-state index in [-0.39, 0.29) is 10.6 Å². The normalized spacial score (nSPS) is 14.0. The van der Waals surface area contributed by atoms with Crippen molar-refractivity contribution in [2.45, 2.75) is 32.1 Å². The Bertz CT molecular complexity index is 525. The van der Waals surface area contributed by atoms with Gasteiger partial charge in [-0.05, 0) is 37.3 Å². The Morgan fingerprint density at radius 3 is 2.86 bits per heavy atom. The van der Waals surface area contributed by atoms with Crippen LogP contribution in [0, 0.1) is 10.1 Å². The number of hydrogen-bond acceptors (Lipinski definition) is 4. The van der Waals surface area contributed by atoms with Gasteiger partial charge < -0.3 is 9.47 Å². The molecule has 0 fully saturated rings. The second kappa shape index (κ2) is 7.78. The van der Waals surface area contributed by atoms with Crippen LogP contribution < -0.4 is 4.74 Å². The number of rotatable bonds is 8. The molecule has 0 saturated heterocycles. The van der Waals surface area contributed by atoms with Gasteiger partial charge in [0.25, 0.3) is 0 Å². The number of ether oxygens (including phenoxy) is 2. The molecule has 0 bridgehead atoms. The second-order valence-corrected chi connectivity index (χ2v) is 5.19. The van der Waals surface area contributed by atoms with Gasteiger partial charge in [0.1, 0.15) is 0 Å². The first-order valence-electron chi connectivity index (χ1n) is 7.27. The monoisotopic (exact) mass is 291 g/mol. The summed E-state index contributed by atoms with van der Waals surface area (Å²) in [7, 11) is 1.62. The quantitative estimate of drug-likeness (QED) is 0.317. The molecule has 0 amide bonds. The third-order valence-electron chi connectivity index (χ3n) is 3.54. The predicted molar refractivity (Wildman–Crippen MR) is 80.7 cm³/mol. The first kappa shape index (κ1) is 15.5. The SMILES string of the molecule is COCCCOc1ccc(CC2=CCCC2)cc1[N+](=O)[O-]. The van der Waals surface area contributed by atoms with Gasteiger partial charge in [-0.3, -0.25) is 10.1 Å². The highest BCUT2D eigenvalue weighted by Gasteiger charge is 2.17. The summed E-state index contributed by atoms with van der Waals surface area (Å²) in [5.74, 6) is 0.334. The first-order valence-corrected chi connectivity index (χ1v) is 7.27. The molecular weight excluding hydrogens is 270 g/mol. The third-order valence-corrected chi connectivity index (χ3v) is 3.54. The molecule has 21 heavy (non-hydrogen) atoms. The van der Waals surface area contributed by atoms with E-state index in [1.54, 1.807) is 19.2 Å². The molecule has 0 spiro atoms. The summed E-state index contributed by atoms with van der Waals surface area (Å²) in [6.07, 6.45) is 7.16. The fourth-order valence-electron chi connectivity index (χ4n) is 2.48. The van der Waals surface area contributed by atoms with Gasteiger partial charge in [-0.25, -0.2) is 0 Å². The standard InChI is InChI=1S/C16H21NO4/c1-20-9-4-10-21-16-8-7-14(12-15(16)17(18)19)11-13-5-2-3-6-13/h5,7-8,12H,2-4,6,9-11H2,1H3. The van der Waals surface area contributed by atoms with Crippen LogP contribution in [0.4, 0.5) is 5.69 Å². The minimum atomic E-state index is -0.377. The Morgan fingerprint density at radius 2 is 2.19 bits per heavy atom. The Hall–Kier alpha value is -1.88. The van der Waals surface area contributed by atoms with E-state index in [1.807, 2.05) is 6.07 Å². The van der Waals surface area contributed by atoms with Crippen LogP contribution >= 0.6 is 0 Å². The largest absolute Gasteiger partial charge is 0.487 e. The molecule has 0 heterocycles. The number of nitrogens with zero attached hydrogens (tertiary/aromatic N) is 1. The van der Waals surface area contributed by atoms with Crippen molar-refractivity contribution >= 4 is 5.69 Å². The van der Waals surface area contributed by atoms with Crippen LogP contribution in [-0.4, -0.2) is 25.2 Å². The maximum atomic E-state index is 11.2. The van der Waals surface area contributed by atoms with Crippen molar-refractivity contribution in [3.05, 3.63) is 45.5 Å². The predicted octanol–water partition coefficient (Wildman–Crippen LogP) is 3.66. The zero-order valence-corrected chi connectivity index (χ0v) is 12.3. The molecule has 1 aromatic rings. The number of nitro benzene ring substituents is 1. The van der Waals surface area contributed by atoms with Crippen molar-refractivity contribution in [3.8, 4) is 5.75 Å². The van der Waals surface area contributed by atoms with Crippen molar-refractivity contribution < 1.29 is 14.4 Å². The van der Waals surface area contributed by atoms with Crippen molar-refractivity contribution in [2.75, 3.05) is 20.3 Å². The Balaban J connectivity index is 2.05. The summed E-state index contributed by atoms with van der Waals surface area (Å²) in [6.45, 7) is 0.999. The molecular formula is C16H21NO4. The molecule has 0 saturated carbocycles. The summed E-state index contributed by atoms with van der Waals surface area (Å²) in [4.78, 5) is 10.8. The van der Waals surface area contributed by atoms with Crippen molar-refractivity contribution in [1.29, 1.82) is 0 Å². The van der Waals surface area contributed by atoms with Gasteiger partial charge >= 0.3 is 5.69 Å². The van der Waals surface area contributed by atoms with Gasteiger partial charge in [0.15, 0.2) is 5.75 Å². The average molecular weight is 291 g/mol. The van der Waals surface area contributed by atoms with Crippen LogP contribution in [0.15, 0.2) is 29.8 Å². The van der Waals surface area contributed by atoms with Crippen LogP contribution in [0.2, 0.25) is 0 Å². The van der Waals surface area contributed by atoms with Crippen LogP contribution in [-0.2, 0) is 11.2 Å². The zero-order valence-electron chi connectivity index (χ0n) is 12.3. The Kier molecular flexibility index (Phi) is 5.75. The summed E-state index contributed by atoms with van der Waals surface area (Å²) in [6, 6.07) is 5.25. The molecule has 114 valence electrons. The number of allylic oxidation sites excluding steroid dienone is 2. The minimum absolute atomic E-state index is 0.0449. The molecule has 0 unspecified atom stereocenters. The third kappa shape index (κ3) is 4.56. The maximum Gasteiger partial charge on any atom is 0.311 e. The van der Waals surface area contributed by atoms with Gasteiger partial charge in [-0.15, -0.1) is 0 Å². The fraction of sp³-hybridized carbons (Fsp3) is 0.500. The summed E-state index contributed by atoms with van der Waals surface area (Å²) in [5, 5.41) is 11.2. The molecule has 1 aliphatic rings. The summed E-state index contributed by atoms with van der Waals surface area (Å²) in [5.41, 5.74) is 2.39. The number of benzene rings is 1. The van der Waals surface area contributed by atoms with Crippen LogP contribution in [0.25, 0.3) is 0 Å². The van der Waals surface area contributed by atoms with Crippen LogP contribution in [0.1, 0.15) is 31.2 Å². The van der Waals surface area contributed by atoms with Gasteiger partial charge in [0.05, 0.1) is 11.5 Å². The minimum Gasteiger partial charge on any atom is -0.487 e. The van der Waals surface area contributed by atoms with E-state index in [0.29, 0.717) is 25.4 Å². The highest BCUT2D eigenvalue weighted by Crippen LogP contribution is 2.30. The van der Waals surface area contributed by atoms with Gasteiger partial charge in [0.2, 0.25) is 0 Å². The van der Waals surface area contributed by atoms with E-state index in [4.69, 9.17) is 9.47 Å². The van der Waals surface area contributed by atoms with E-state index >= 15 is 0 Å². The molecule has 2 rings (SSSR count). The molecule has 0 aliphatic heterocycles. The number of methoxy groups -OCH3 is 1. The van der Waals surface area contributed by atoms with E-state index in [9.17, 15) is 10.1 Å². The summed E-state index contributed by atoms with van der Waals surface area (Å²) < 4.78 is 10.4. The van der Waals surface area contributed by atoms with Crippen LogP contribution in [0.5, 0.6) is 5.75 Å². The highest BCUT2D eigenvalue weighted by molar-refractivity contribution is 5.49. The number of hydrogen-bond donors (Lipinski definition) is 0. The molecule has 0 radical (unpaired) electrons. The molecule has 1 aliphatic carbocycles. The molecule has 0 aromatic heterocycles. The van der Waals surface area contributed by atoms with Gasteiger partial charge in [0, 0.05) is 26.2 Å². The average Bonchev–Trinajstić information content (AvgIpc) is 2.97. The Labute approximate surface area is 124 Å². The summed E-state index contributed by atoms with van der Waals surface area (Å²) >= 11 is 0. The molecule has 5 heteroatoms. The van der Waals surface area contributed by atoms with E-state index < -0.39 is 0 Å². The Morgan fingerprint density at radius 1 is 1.33 bits per heavy atom. The van der Waals surface area contributed by atoms with E-state index in [1.165, 1.54) is 12.0 Å². The molecule has 0 atom stereocenters. The lowest BCUT2D eigenvalue weighted by Gasteiger charge is -2.08. The molecule has 1 aromatic carbocycles. The van der Waals surface area contributed by atoms with E-state index in [0.717, 1.165) is 24.8 Å². The lowest BCUT2D eigenvalue weighted by Crippen LogP contribution is -2.04. The lowest BCUT2D eigenvalue weighted by molar-refractivity contribution is -0.385. The van der Waals surface area contributed by atoms with E-state index in [2.05, 4.69) is 6.08 Å². The van der Waals surface area contributed by atoms with Gasteiger partial charge in [-0.1, -0.05) is 17.7 Å². The van der Waals surface area contributed by atoms with Crippen molar-refractivity contribution in [1.82, 2.24) is 0 Å². The molecule has 0 N–H and O–H groups in total. The second-order valence-electron chi connectivity index (χ2n) is 5.19. The molecule has 5 nitrogen and oxygen atoms in total. The smallest absolute Gasteiger partial charge is 0.311 e. The first-order chi connectivity index (χ1) is 10.2. The zero-order chi connectivity index (χ0) is 15.1. The number of nitro groups is 1. The lowest BCUT2D eigenvalue weighted by atomic mass is 10.0. The fourth-order valence-corrected chi connectivity index (χ4v) is 2.48. The topological polar surface area (TPSA) is 61.6 Å². The maximum absolute atomic E-state index is 11.2. The van der Waals surface area contributed by atoms with Crippen molar-refractivity contribution in [2.24, 2.45) is 0 Å². The van der Waals surface area contributed by atoms with Crippen LogP contribution in [0.3, 0.4) is 0 Å². The van der Waals surface area contributed by atoms with Gasteiger partial charge in [-0.2, -0.15) is 0 Å².